The smallest absolute Gasteiger partial charge is 0.240 e. The van der Waals surface area contributed by atoms with Gasteiger partial charge in [0.1, 0.15) is 0 Å². The van der Waals surface area contributed by atoms with Crippen LogP contribution in [0, 0.1) is 5.92 Å². The summed E-state index contributed by atoms with van der Waals surface area (Å²) >= 11 is 0. The maximum atomic E-state index is 13.0. The molecule has 0 aromatic rings. The summed E-state index contributed by atoms with van der Waals surface area (Å²) in [6, 6.07) is -0.0344. The first-order valence-corrected chi connectivity index (χ1v) is 8.63. The van der Waals surface area contributed by atoms with Gasteiger partial charge in [0, 0.05) is 33.3 Å². The van der Waals surface area contributed by atoms with Crippen molar-refractivity contribution < 1.29 is 14.3 Å². The Balaban J connectivity index is 2.02. The molecule has 2 rings (SSSR count). The maximum Gasteiger partial charge on any atom is 0.240 e. The predicted octanol–water partition coefficient (Wildman–Crippen LogP) is 1.76. The van der Waals surface area contributed by atoms with Crippen molar-refractivity contribution in [1.82, 2.24) is 9.80 Å². The molecule has 0 aromatic carbocycles. The molecule has 22 heavy (non-hydrogen) atoms. The first-order chi connectivity index (χ1) is 10.4. The summed E-state index contributed by atoms with van der Waals surface area (Å²) in [6.45, 7) is 11.8. The van der Waals surface area contributed by atoms with Crippen LogP contribution >= 0.6 is 0 Å². The molecule has 5 nitrogen and oxygen atoms in total. The van der Waals surface area contributed by atoms with Crippen LogP contribution in [-0.2, 0) is 14.3 Å². The quantitative estimate of drug-likeness (QED) is 0.793. The average Bonchev–Trinajstić information content (AvgIpc) is 2.46. The fraction of sp³-hybridized carbons (Fsp3) is 0.941. The number of carbonyl (C=O) groups excluding carboxylic acids is 1. The van der Waals surface area contributed by atoms with Gasteiger partial charge < -0.3 is 14.4 Å². The van der Waals surface area contributed by atoms with Gasteiger partial charge in [0.15, 0.2) is 0 Å². The number of ether oxygens (including phenoxy) is 2. The van der Waals surface area contributed by atoms with E-state index in [-0.39, 0.29) is 24.2 Å². The molecule has 0 bridgehead atoms. The Hall–Kier alpha value is -0.650. The van der Waals surface area contributed by atoms with Crippen molar-refractivity contribution in [1.29, 1.82) is 0 Å². The van der Waals surface area contributed by atoms with Crippen LogP contribution in [0.2, 0.25) is 0 Å². The highest BCUT2D eigenvalue weighted by Gasteiger charge is 2.37. The molecular formula is C17H32N2O3. The van der Waals surface area contributed by atoms with Gasteiger partial charge in [-0.3, -0.25) is 9.69 Å². The average molecular weight is 312 g/mol. The largest absolute Gasteiger partial charge is 0.381 e. The lowest BCUT2D eigenvalue weighted by atomic mass is 9.97. The normalized spacial score (nSPS) is 29.8. The van der Waals surface area contributed by atoms with Crippen LogP contribution in [0.1, 0.15) is 40.5 Å². The first kappa shape index (κ1) is 17.7. The molecule has 2 fully saturated rings. The summed E-state index contributed by atoms with van der Waals surface area (Å²) in [5.74, 6) is 0.594. The number of methoxy groups -OCH3 is 1. The highest BCUT2D eigenvalue weighted by atomic mass is 16.5. The van der Waals surface area contributed by atoms with E-state index in [0.29, 0.717) is 12.0 Å². The Kier molecular flexibility index (Phi) is 6.24. The van der Waals surface area contributed by atoms with E-state index in [4.69, 9.17) is 9.47 Å². The Morgan fingerprint density at radius 1 is 1.14 bits per heavy atom. The van der Waals surface area contributed by atoms with Gasteiger partial charge in [-0.05, 0) is 32.6 Å². The van der Waals surface area contributed by atoms with Gasteiger partial charge in [-0.25, -0.2) is 0 Å². The Bertz CT molecular complexity index is 357. The topological polar surface area (TPSA) is 42.0 Å². The molecule has 2 aliphatic rings. The molecule has 0 spiro atoms. The van der Waals surface area contributed by atoms with E-state index >= 15 is 0 Å². The lowest BCUT2D eigenvalue weighted by Gasteiger charge is -2.43. The third kappa shape index (κ3) is 4.21. The fourth-order valence-electron chi connectivity index (χ4n) is 3.81. The van der Waals surface area contributed by atoms with Crippen LogP contribution in [0.3, 0.4) is 0 Å². The predicted molar refractivity (Wildman–Crippen MR) is 86.8 cm³/mol. The molecule has 0 radical (unpaired) electrons. The third-order valence-electron chi connectivity index (χ3n) is 4.81. The van der Waals surface area contributed by atoms with Crippen LogP contribution < -0.4 is 0 Å². The van der Waals surface area contributed by atoms with Gasteiger partial charge in [-0.15, -0.1) is 0 Å². The summed E-state index contributed by atoms with van der Waals surface area (Å²) in [6.07, 6.45) is 2.59. The number of carbonyl (C=O) groups is 1. The van der Waals surface area contributed by atoms with Gasteiger partial charge >= 0.3 is 0 Å². The van der Waals surface area contributed by atoms with Crippen LogP contribution in [0.25, 0.3) is 0 Å². The van der Waals surface area contributed by atoms with Crippen molar-refractivity contribution in [3.63, 3.8) is 0 Å². The summed E-state index contributed by atoms with van der Waals surface area (Å²) in [4.78, 5) is 17.4. The van der Waals surface area contributed by atoms with Gasteiger partial charge in [0.2, 0.25) is 5.91 Å². The molecule has 0 N–H and O–H groups in total. The van der Waals surface area contributed by atoms with E-state index in [9.17, 15) is 4.79 Å². The molecule has 3 atom stereocenters. The second kappa shape index (κ2) is 7.75. The summed E-state index contributed by atoms with van der Waals surface area (Å²) in [7, 11) is 1.76. The van der Waals surface area contributed by atoms with Crippen LogP contribution in [-0.4, -0.2) is 73.3 Å². The fourth-order valence-corrected chi connectivity index (χ4v) is 3.81. The number of hydrogen-bond donors (Lipinski definition) is 0. The molecule has 5 heteroatoms. The Morgan fingerprint density at radius 3 is 2.14 bits per heavy atom. The van der Waals surface area contributed by atoms with Crippen molar-refractivity contribution in [2.24, 2.45) is 5.92 Å². The number of likely N-dealkylation sites (tertiary alicyclic amines) is 1. The molecule has 128 valence electrons. The number of rotatable bonds is 4. The van der Waals surface area contributed by atoms with E-state index < -0.39 is 0 Å². The zero-order valence-corrected chi connectivity index (χ0v) is 14.7. The Morgan fingerprint density at radius 2 is 1.68 bits per heavy atom. The van der Waals surface area contributed by atoms with Crippen molar-refractivity contribution in [3.05, 3.63) is 0 Å². The van der Waals surface area contributed by atoms with Gasteiger partial charge in [0.05, 0.1) is 24.4 Å². The maximum absolute atomic E-state index is 13.0. The number of morpholine rings is 1. The molecule has 1 amide bonds. The zero-order valence-electron chi connectivity index (χ0n) is 14.7. The van der Waals surface area contributed by atoms with E-state index in [0.717, 1.165) is 39.0 Å². The van der Waals surface area contributed by atoms with Gasteiger partial charge in [-0.2, -0.15) is 0 Å². The van der Waals surface area contributed by atoms with E-state index in [1.165, 1.54) is 0 Å². The van der Waals surface area contributed by atoms with Crippen molar-refractivity contribution >= 4 is 5.91 Å². The highest BCUT2D eigenvalue weighted by molar-refractivity contribution is 5.82. The highest BCUT2D eigenvalue weighted by Crippen LogP contribution is 2.22. The number of amides is 1. The second-order valence-corrected chi connectivity index (χ2v) is 7.16. The van der Waals surface area contributed by atoms with Crippen molar-refractivity contribution in [2.45, 2.75) is 64.9 Å². The second-order valence-electron chi connectivity index (χ2n) is 7.16. The van der Waals surface area contributed by atoms with E-state index in [1.54, 1.807) is 7.11 Å². The van der Waals surface area contributed by atoms with Crippen molar-refractivity contribution in [2.75, 3.05) is 33.3 Å². The molecule has 2 aliphatic heterocycles. The van der Waals surface area contributed by atoms with Crippen LogP contribution in [0.4, 0.5) is 0 Å². The number of nitrogens with zero attached hydrogens (tertiary/aromatic N) is 2. The lowest BCUT2D eigenvalue weighted by molar-refractivity contribution is -0.147. The van der Waals surface area contributed by atoms with Crippen LogP contribution in [0.5, 0.6) is 0 Å². The molecular weight excluding hydrogens is 280 g/mol. The molecule has 3 unspecified atom stereocenters. The summed E-state index contributed by atoms with van der Waals surface area (Å²) in [5.41, 5.74) is 0. The summed E-state index contributed by atoms with van der Waals surface area (Å²) in [5, 5.41) is 0. The van der Waals surface area contributed by atoms with Crippen molar-refractivity contribution in [3.8, 4) is 0 Å². The minimum absolute atomic E-state index is 0.0344. The molecule has 2 saturated heterocycles. The molecule has 0 saturated carbocycles. The van der Waals surface area contributed by atoms with E-state index in [2.05, 4.69) is 32.6 Å². The molecule has 2 heterocycles. The number of hydrogen-bond acceptors (Lipinski definition) is 4. The van der Waals surface area contributed by atoms with E-state index in [1.807, 2.05) is 4.90 Å². The third-order valence-corrected chi connectivity index (χ3v) is 4.81. The lowest BCUT2D eigenvalue weighted by Crippen LogP contribution is -2.58. The minimum atomic E-state index is -0.0344. The number of piperidine rings is 1. The Labute approximate surface area is 134 Å². The standard InChI is InChI=1S/C17H32N2O3/c1-12(2)16(19-10-13(3)22-14(4)11-19)17(20)18-8-6-15(21-5)7-9-18/h12-16H,6-11H2,1-5H3. The first-order valence-electron chi connectivity index (χ1n) is 8.63. The molecule has 0 aliphatic carbocycles. The zero-order chi connectivity index (χ0) is 16.3. The minimum Gasteiger partial charge on any atom is -0.381 e. The SMILES string of the molecule is COC1CCN(C(=O)C(C(C)C)N2CC(C)OC(C)C2)CC1. The van der Waals surface area contributed by atoms with Gasteiger partial charge in [0.25, 0.3) is 0 Å². The van der Waals surface area contributed by atoms with Crippen LogP contribution in [0.15, 0.2) is 0 Å². The molecule has 0 aromatic heterocycles. The monoisotopic (exact) mass is 312 g/mol. The van der Waals surface area contributed by atoms with Gasteiger partial charge in [-0.1, -0.05) is 13.8 Å². The summed E-state index contributed by atoms with van der Waals surface area (Å²) < 4.78 is 11.2.